The van der Waals surface area contributed by atoms with Crippen molar-refractivity contribution in [2.45, 2.75) is 13.1 Å². The molecule has 10 heteroatoms. The van der Waals surface area contributed by atoms with Crippen molar-refractivity contribution in [3.05, 3.63) is 129 Å². The molecule has 5 aromatic rings. The van der Waals surface area contributed by atoms with Gasteiger partial charge in [-0.2, -0.15) is 0 Å². The van der Waals surface area contributed by atoms with Crippen LogP contribution in [-0.4, -0.2) is 53.1 Å². The maximum atomic E-state index is 13.3. The monoisotopic (exact) mass is 500 g/mol. The summed E-state index contributed by atoms with van der Waals surface area (Å²) in [6, 6.07) is 20.7. The van der Waals surface area contributed by atoms with Crippen LogP contribution in [-0.2, 0) is 13.1 Å². The van der Waals surface area contributed by atoms with Gasteiger partial charge >= 0.3 is 0 Å². The maximum absolute atomic E-state index is 13.3. The lowest BCUT2D eigenvalue weighted by molar-refractivity contribution is 0.0971. The molecule has 2 aliphatic rings. The van der Waals surface area contributed by atoms with E-state index in [4.69, 9.17) is 0 Å². The molecular weight excluding hydrogens is 484 g/mol. The maximum Gasteiger partial charge on any atom is 0.216 e. The quantitative estimate of drug-likeness (QED) is 0.360. The van der Waals surface area contributed by atoms with Crippen LogP contribution < -0.4 is 0 Å². The molecule has 0 unspecified atom stereocenters. The third-order valence-electron chi connectivity index (χ3n) is 6.92. The van der Waals surface area contributed by atoms with E-state index in [1.165, 1.54) is 9.36 Å². The molecule has 0 saturated carbocycles. The molecule has 0 saturated heterocycles. The van der Waals surface area contributed by atoms with Gasteiger partial charge in [-0.05, 0) is 11.1 Å². The van der Waals surface area contributed by atoms with Gasteiger partial charge in [0, 0.05) is 22.3 Å². The minimum absolute atomic E-state index is 0.0271. The summed E-state index contributed by atoms with van der Waals surface area (Å²) in [7, 11) is 0. The number of fused-ring (bicyclic) bond motifs is 4. The van der Waals surface area contributed by atoms with Gasteiger partial charge < -0.3 is 0 Å². The summed E-state index contributed by atoms with van der Waals surface area (Å²) in [6.45, 7) is 0.318. The van der Waals surface area contributed by atoms with E-state index in [-0.39, 0.29) is 59.0 Å². The topological polar surface area (TPSA) is 130 Å². The lowest BCUT2D eigenvalue weighted by Gasteiger charge is -2.16. The first-order valence-electron chi connectivity index (χ1n) is 11.8. The van der Waals surface area contributed by atoms with Crippen molar-refractivity contribution < 1.29 is 19.2 Å². The summed E-state index contributed by atoms with van der Waals surface area (Å²) < 4.78 is 2.85. The molecule has 0 N–H and O–H groups in total. The van der Waals surface area contributed by atoms with E-state index in [2.05, 4.69) is 20.6 Å². The highest BCUT2D eigenvalue weighted by atomic mass is 16.1. The van der Waals surface area contributed by atoms with Crippen molar-refractivity contribution in [1.82, 2.24) is 30.0 Å². The van der Waals surface area contributed by atoms with Gasteiger partial charge in [0.2, 0.25) is 23.1 Å². The van der Waals surface area contributed by atoms with Gasteiger partial charge in [-0.15, -0.1) is 10.2 Å². The fourth-order valence-electron chi connectivity index (χ4n) is 5.06. The largest absolute Gasteiger partial charge is 0.287 e. The molecule has 10 nitrogen and oxygen atoms in total. The molecule has 0 amide bonds. The summed E-state index contributed by atoms with van der Waals surface area (Å²) in [6.07, 6.45) is 0. The third kappa shape index (κ3) is 3.07. The molecule has 0 aliphatic heterocycles. The molecule has 0 atom stereocenters. The molecule has 182 valence electrons. The molecule has 0 radical (unpaired) electrons. The molecule has 2 heterocycles. The Morgan fingerprint density at radius 1 is 0.474 bits per heavy atom. The predicted molar refractivity (Wildman–Crippen MR) is 131 cm³/mol. The average molecular weight is 500 g/mol. The molecule has 3 aromatic carbocycles. The van der Waals surface area contributed by atoms with Gasteiger partial charge in [-0.1, -0.05) is 83.2 Å². The van der Waals surface area contributed by atoms with Crippen molar-refractivity contribution in [3.8, 4) is 0 Å². The van der Waals surface area contributed by atoms with Crippen LogP contribution in [0.1, 0.15) is 75.3 Å². The Labute approximate surface area is 214 Å². The summed E-state index contributed by atoms with van der Waals surface area (Å²) in [5.74, 6) is -1.31. The van der Waals surface area contributed by atoms with Crippen LogP contribution in [0, 0.1) is 0 Å². The van der Waals surface area contributed by atoms with Crippen LogP contribution in [0.3, 0.4) is 0 Å². The molecule has 2 aliphatic carbocycles. The number of hydrogen-bond acceptors (Lipinski definition) is 8. The normalized spacial score (nSPS) is 13.7. The SMILES string of the molecule is O=C1c2ccccc2C(=O)c2c1nnn2Cc1ccccc1Cn1nnc2c1C(=O)c1ccccc1C2=O. The van der Waals surface area contributed by atoms with Crippen LogP contribution >= 0.6 is 0 Å². The summed E-state index contributed by atoms with van der Waals surface area (Å²) in [4.78, 5) is 52.4. The number of benzene rings is 3. The van der Waals surface area contributed by atoms with Crippen LogP contribution in [0.2, 0.25) is 0 Å². The van der Waals surface area contributed by atoms with E-state index in [0.717, 1.165) is 11.1 Å². The van der Waals surface area contributed by atoms with E-state index >= 15 is 0 Å². The first-order valence-corrected chi connectivity index (χ1v) is 11.8. The molecule has 0 fully saturated rings. The fourth-order valence-corrected chi connectivity index (χ4v) is 5.06. The van der Waals surface area contributed by atoms with Gasteiger partial charge in [0.25, 0.3) is 0 Å². The summed E-state index contributed by atoms with van der Waals surface area (Å²) in [5.41, 5.74) is 3.15. The Kier molecular flexibility index (Phi) is 4.64. The Morgan fingerprint density at radius 3 is 1.21 bits per heavy atom. The van der Waals surface area contributed by atoms with Crippen molar-refractivity contribution >= 4 is 23.1 Å². The van der Waals surface area contributed by atoms with Gasteiger partial charge in [0.05, 0.1) is 13.1 Å². The van der Waals surface area contributed by atoms with Gasteiger partial charge in [0.15, 0.2) is 11.4 Å². The van der Waals surface area contributed by atoms with E-state index < -0.39 is 0 Å². The number of carbonyl (C=O) groups excluding carboxylic acids is 4. The van der Waals surface area contributed by atoms with Gasteiger partial charge in [0.1, 0.15) is 11.4 Å². The molecular formula is C28H16N6O4. The standard InChI is InChI=1S/C28H16N6O4/c35-25-17-9-3-5-11-19(17)27(37)23-21(25)29-31-33(23)13-15-7-1-2-8-16(15)14-34-24-22(30-32-34)26(36)18-10-4-6-12-20(18)28(24)38/h1-12H,13-14H2. The first-order chi connectivity index (χ1) is 18.5. The lowest BCUT2D eigenvalue weighted by Crippen LogP contribution is -2.24. The number of hydrogen-bond donors (Lipinski definition) is 0. The summed E-state index contributed by atoms with van der Waals surface area (Å²) >= 11 is 0. The van der Waals surface area contributed by atoms with Crippen LogP contribution in [0.25, 0.3) is 0 Å². The van der Waals surface area contributed by atoms with Crippen LogP contribution in [0.4, 0.5) is 0 Å². The lowest BCUT2D eigenvalue weighted by atomic mass is 9.90. The Morgan fingerprint density at radius 2 is 0.816 bits per heavy atom. The van der Waals surface area contributed by atoms with Crippen molar-refractivity contribution in [3.63, 3.8) is 0 Å². The number of ketones is 4. The van der Waals surface area contributed by atoms with Crippen molar-refractivity contribution in [2.75, 3.05) is 0 Å². The number of carbonyl (C=O) groups is 4. The Balaban J connectivity index is 1.24. The van der Waals surface area contributed by atoms with E-state index in [1.54, 1.807) is 48.5 Å². The number of aromatic nitrogens is 6. The van der Waals surface area contributed by atoms with Gasteiger partial charge in [-0.25, -0.2) is 9.36 Å². The minimum atomic E-state index is -0.340. The smallest absolute Gasteiger partial charge is 0.216 e. The highest BCUT2D eigenvalue weighted by molar-refractivity contribution is 6.27. The third-order valence-corrected chi connectivity index (χ3v) is 6.92. The molecule has 0 bridgehead atoms. The van der Waals surface area contributed by atoms with Crippen LogP contribution in [0.15, 0.2) is 72.8 Å². The number of nitrogens with zero attached hydrogens (tertiary/aromatic N) is 6. The molecule has 0 spiro atoms. The van der Waals surface area contributed by atoms with Crippen molar-refractivity contribution in [2.24, 2.45) is 0 Å². The first kappa shape index (κ1) is 21.9. The minimum Gasteiger partial charge on any atom is -0.287 e. The molecule has 38 heavy (non-hydrogen) atoms. The van der Waals surface area contributed by atoms with Gasteiger partial charge in [-0.3, -0.25) is 19.2 Å². The fraction of sp³-hybridized carbons (Fsp3) is 0.0714. The second-order valence-electron chi connectivity index (χ2n) is 9.06. The van der Waals surface area contributed by atoms with E-state index in [9.17, 15) is 19.2 Å². The Hall–Kier alpha value is -5.38. The molecule has 2 aromatic heterocycles. The zero-order valence-corrected chi connectivity index (χ0v) is 19.7. The van der Waals surface area contributed by atoms with Crippen molar-refractivity contribution in [1.29, 1.82) is 0 Å². The predicted octanol–water partition coefficient (Wildman–Crippen LogP) is 2.52. The Bertz CT molecular complexity index is 1730. The second-order valence-corrected chi connectivity index (χ2v) is 9.06. The molecule has 7 rings (SSSR count). The van der Waals surface area contributed by atoms with Crippen LogP contribution in [0.5, 0.6) is 0 Å². The second kappa shape index (κ2) is 8.07. The average Bonchev–Trinajstić information content (AvgIpc) is 3.57. The zero-order chi connectivity index (χ0) is 26.0. The van der Waals surface area contributed by atoms with E-state index in [0.29, 0.717) is 22.3 Å². The highest BCUT2D eigenvalue weighted by Crippen LogP contribution is 2.28. The number of rotatable bonds is 4. The zero-order valence-electron chi connectivity index (χ0n) is 19.7. The highest BCUT2D eigenvalue weighted by Gasteiger charge is 2.36. The van der Waals surface area contributed by atoms with E-state index in [1.807, 2.05) is 24.3 Å². The summed E-state index contributed by atoms with van der Waals surface area (Å²) in [5, 5.41) is 16.3.